The molecule has 0 spiro atoms. The first kappa shape index (κ1) is 13.5. The van der Waals surface area contributed by atoms with E-state index >= 15 is 0 Å². The van der Waals surface area contributed by atoms with Crippen LogP contribution >= 0.6 is 0 Å². The summed E-state index contributed by atoms with van der Waals surface area (Å²) in [5.41, 5.74) is 2.10. The lowest BCUT2D eigenvalue weighted by atomic mass is 10.1. The van der Waals surface area contributed by atoms with Gasteiger partial charge in [-0.15, -0.1) is 0 Å². The number of anilines is 1. The van der Waals surface area contributed by atoms with Crippen LogP contribution in [0, 0.1) is 5.92 Å². The minimum Gasteiger partial charge on any atom is -0.354 e. The first-order chi connectivity index (χ1) is 10.3. The van der Waals surface area contributed by atoms with Crippen molar-refractivity contribution in [1.82, 2.24) is 15.3 Å². The van der Waals surface area contributed by atoms with Crippen LogP contribution in [0.25, 0.3) is 11.3 Å². The number of hydrogen-bond donors (Lipinski definition) is 2. The molecule has 21 heavy (non-hydrogen) atoms. The molecular weight excluding hydrogens is 264 g/mol. The third-order valence-corrected chi connectivity index (χ3v) is 3.50. The molecule has 108 valence electrons. The lowest BCUT2D eigenvalue weighted by Crippen LogP contribution is -2.20. The smallest absolute Gasteiger partial charge is 0.269 e. The van der Waals surface area contributed by atoms with Crippen LogP contribution in [0.3, 0.4) is 0 Å². The summed E-state index contributed by atoms with van der Waals surface area (Å²) in [6.07, 6.45) is 2.52. The molecule has 0 saturated heterocycles. The molecule has 1 amide bonds. The van der Waals surface area contributed by atoms with Gasteiger partial charge in [-0.3, -0.25) is 4.79 Å². The van der Waals surface area contributed by atoms with E-state index in [9.17, 15) is 4.79 Å². The molecule has 1 fully saturated rings. The van der Waals surface area contributed by atoms with Crippen molar-refractivity contribution in [3.8, 4) is 11.3 Å². The molecule has 1 saturated carbocycles. The third-order valence-electron chi connectivity index (χ3n) is 3.50. The normalized spacial score (nSPS) is 13.8. The number of hydrogen-bond acceptors (Lipinski definition) is 4. The van der Waals surface area contributed by atoms with Gasteiger partial charge in [0.05, 0.1) is 5.69 Å². The summed E-state index contributed by atoms with van der Waals surface area (Å²) in [7, 11) is 1.60. The molecule has 2 N–H and O–H groups in total. The Morgan fingerprint density at radius 2 is 2.00 bits per heavy atom. The van der Waals surface area contributed by atoms with Gasteiger partial charge in [-0.2, -0.15) is 0 Å². The van der Waals surface area contributed by atoms with E-state index < -0.39 is 0 Å². The van der Waals surface area contributed by atoms with Gasteiger partial charge in [0, 0.05) is 19.2 Å². The van der Waals surface area contributed by atoms with E-state index in [-0.39, 0.29) is 5.91 Å². The Morgan fingerprint density at radius 3 is 2.67 bits per heavy atom. The molecule has 1 aromatic heterocycles. The number of amides is 1. The van der Waals surface area contributed by atoms with Crippen molar-refractivity contribution in [3.63, 3.8) is 0 Å². The lowest BCUT2D eigenvalue weighted by Gasteiger charge is -2.09. The van der Waals surface area contributed by atoms with Crippen LogP contribution in [0.4, 0.5) is 5.95 Å². The van der Waals surface area contributed by atoms with Crippen molar-refractivity contribution in [2.75, 3.05) is 18.9 Å². The number of rotatable bonds is 5. The monoisotopic (exact) mass is 282 g/mol. The number of carbonyl (C=O) groups excluding carboxylic acids is 1. The summed E-state index contributed by atoms with van der Waals surface area (Å²) in [6, 6.07) is 11.5. The fourth-order valence-electron chi connectivity index (χ4n) is 2.09. The quantitative estimate of drug-likeness (QED) is 0.883. The number of carbonyl (C=O) groups is 1. The van der Waals surface area contributed by atoms with Crippen LogP contribution < -0.4 is 10.6 Å². The van der Waals surface area contributed by atoms with Crippen LogP contribution in [0.5, 0.6) is 0 Å². The van der Waals surface area contributed by atoms with E-state index in [2.05, 4.69) is 20.6 Å². The van der Waals surface area contributed by atoms with Crippen molar-refractivity contribution in [3.05, 3.63) is 42.1 Å². The molecule has 2 aromatic rings. The number of benzene rings is 1. The highest BCUT2D eigenvalue weighted by Crippen LogP contribution is 2.28. The van der Waals surface area contributed by atoms with Crippen molar-refractivity contribution in [2.24, 2.45) is 5.92 Å². The van der Waals surface area contributed by atoms with E-state index in [1.165, 1.54) is 12.8 Å². The molecular formula is C16H18N4O. The van der Waals surface area contributed by atoms with E-state index in [0.717, 1.165) is 23.7 Å². The van der Waals surface area contributed by atoms with Crippen molar-refractivity contribution < 1.29 is 4.79 Å². The zero-order valence-electron chi connectivity index (χ0n) is 12.0. The van der Waals surface area contributed by atoms with Crippen molar-refractivity contribution in [2.45, 2.75) is 12.8 Å². The summed E-state index contributed by atoms with van der Waals surface area (Å²) in [5.74, 6) is 1.03. The van der Waals surface area contributed by atoms with Gasteiger partial charge in [-0.25, -0.2) is 9.97 Å². The summed E-state index contributed by atoms with van der Waals surface area (Å²) in [4.78, 5) is 20.7. The van der Waals surface area contributed by atoms with E-state index in [4.69, 9.17) is 0 Å². The molecule has 0 unspecified atom stereocenters. The Morgan fingerprint density at radius 1 is 1.24 bits per heavy atom. The van der Waals surface area contributed by atoms with Crippen LogP contribution in [0.1, 0.15) is 23.3 Å². The van der Waals surface area contributed by atoms with E-state index in [1.54, 1.807) is 13.1 Å². The van der Waals surface area contributed by atoms with Gasteiger partial charge in [0.25, 0.3) is 5.91 Å². The Kier molecular flexibility index (Phi) is 3.81. The summed E-state index contributed by atoms with van der Waals surface area (Å²) < 4.78 is 0. The van der Waals surface area contributed by atoms with Gasteiger partial charge in [-0.05, 0) is 24.8 Å². The summed E-state index contributed by atoms with van der Waals surface area (Å²) >= 11 is 0. The molecule has 1 aliphatic carbocycles. The van der Waals surface area contributed by atoms with Gasteiger partial charge >= 0.3 is 0 Å². The van der Waals surface area contributed by atoms with Gasteiger partial charge in [0.15, 0.2) is 0 Å². The van der Waals surface area contributed by atoms with Crippen LogP contribution in [0.2, 0.25) is 0 Å². The average molecular weight is 282 g/mol. The third kappa shape index (κ3) is 3.37. The van der Waals surface area contributed by atoms with Gasteiger partial charge < -0.3 is 10.6 Å². The molecule has 0 aliphatic heterocycles. The topological polar surface area (TPSA) is 66.9 Å². The molecule has 0 radical (unpaired) electrons. The molecule has 1 aromatic carbocycles. The van der Waals surface area contributed by atoms with Gasteiger partial charge in [0.1, 0.15) is 5.69 Å². The highest BCUT2D eigenvalue weighted by Gasteiger charge is 2.21. The second-order valence-electron chi connectivity index (χ2n) is 5.23. The van der Waals surface area contributed by atoms with Gasteiger partial charge in [-0.1, -0.05) is 30.3 Å². The first-order valence-corrected chi connectivity index (χ1v) is 7.16. The fraction of sp³-hybridized carbons (Fsp3) is 0.312. The van der Waals surface area contributed by atoms with Crippen LogP contribution in [-0.4, -0.2) is 29.5 Å². The van der Waals surface area contributed by atoms with Crippen molar-refractivity contribution >= 4 is 11.9 Å². The predicted molar refractivity (Wildman–Crippen MR) is 82.1 cm³/mol. The maximum Gasteiger partial charge on any atom is 0.269 e. The highest BCUT2D eigenvalue weighted by atomic mass is 16.1. The Balaban J connectivity index is 1.93. The minimum absolute atomic E-state index is 0.205. The van der Waals surface area contributed by atoms with E-state index in [0.29, 0.717) is 11.6 Å². The fourth-order valence-corrected chi connectivity index (χ4v) is 2.09. The lowest BCUT2D eigenvalue weighted by molar-refractivity contribution is 0.0958. The summed E-state index contributed by atoms with van der Waals surface area (Å²) in [6.45, 7) is 0.866. The highest BCUT2D eigenvalue weighted by molar-refractivity contribution is 5.93. The second kappa shape index (κ2) is 5.91. The predicted octanol–water partition coefficient (Wildman–Crippen LogP) is 2.33. The summed E-state index contributed by atoms with van der Waals surface area (Å²) in [5, 5.41) is 5.84. The molecule has 0 bridgehead atoms. The standard InChI is InChI=1S/C16H18N4O/c1-17-15(21)14-9-13(12-5-3-2-4-6-12)19-16(20-14)18-10-11-7-8-11/h2-6,9,11H,7-8,10H2,1H3,(H,17,21)(H,18,19,20). The van der Waals surface area contributed by atoms with Crippen LogP contribution in [0.15, 0.2) is 36.4 Å². The first-order valence-electron chi connectivity index (χ1n) is 7.16. The largest absolute Gasteiger partial charge is 0.354 e. The molecule has 5 nitrogen and oxygen atoms in total. The van der Waals surface area contributed by atoms with Crippen molar-refractivity contribution in [1.29, 1.82) is 0 Å². The molecule has 5 heteroatoms. The Hall–Kier alpha value is -2.43. The van der Waals surface area contributed by atoms with Crippen LogP contribution in [-0.2, 0) is 0 Å². The maximum absolute atomic E-state index is 11.9. The zero-order valence-corrected chi connectivity index (χ0v) is 12.0. The molecule has 3 rings (SSSR count). The van der Waals surface area contributed by atoms with Gasteiger partial charge in [0.2, 0.25) is 5.95 Å². The maximum atomic E-state index is 11.9. The van der Waals surface area contributed by atoms with E-state index in [1.807, 2.05) is 30.3 Å². The SMILES string of the molecule is CNC(=O)c1cc(-c2ccccc2)nc(NCC2CC2)n1. The molecule has 1 heterocycles. The number of nitrogens with one attached hydrogen (secondary N) is 2. The minimum atomic E-state index is -0.205. The second-order valence-corrected chi connectivity index (χ2v) is 5.23. The molecule has 1 aliphatic rings. The average Bonchev–Trinajstić information content (AvgIpc) is 3.37. The Labute approximate surface area is 123 Å². The Bertz CT molecular complexity index is 638. The number of aromatic nitrogens is 2. The number of nitrogens with zero attached hydrogens (tertiary/aromatic N) is 2. The zero-order chi connectivity index (χ0) is 14.7. The molecule has 0 atom stereocenters.